The Hall–Kier alpha value is -2.19. The molecular formula is C18H27N5O3. The van der Waals surface area contributed by atoms with Gasteiger partial charge in [0.2, 0.25) is 0 Å². The van der Waals surface area contributed by atoms with Crippen molar-refractivity contribution in [1.82, 2.24) is 24.5 Å². The zero-order valence-electron chi connectivity index (χ0n) is 15.9. The van der Waals surface area contributed by atoms with E-state index in [1.807, 2.05) is 6.92 Å². The fraction of sp³-hybridized carbons (Fsp3) is 0.611. The molecule has 0 aliphatic carbocycles. The Labute approximate surface area is 152 Å². The topological polar surface area (TPSA) is 85.3 Å². The second-order valence-electron chi connectivity index (χ2n) is 6.98. The maximum absolute atomic E-state index is 12.6. The predicted octanol–water partition coefficient (Wildman–Crippen LogP) is 0.307. The van der Waals surface area contributed by atoms with Crippen LogP contribution in [0.25, 0.3) is 0 Å². The molecule has 1 atom stereocenters. The lowest BCUT2D eigenvalue weighted by Gasteiger charge is -2.28. The van der Waals surface area contributed by atoms with Crippen LogP contribution in [-0.4, -0.2) is 38.3 Å². The molecule has 8 nitrogen and oxygen atoms in total. The molecular weight excluding hydrogens is 334 g/mol. The van der Waals surface area contributed by atoms with Crippen LogP contribution in [0.5, 0.6) is 0 Å². The Morgan fingerprint density at radius 3 is 2.77 bits per heavy atom. The Morgan fingerprint density at radius 1 is 1.35 bits per heavy atom. The van der Waals surface area contributed by atoms with Crippen molar-refractivity contribution in [3.8, 4) is 0 Å². The number of hydrogen-bond donors (Lipinski definition) is 1. The van der Waals surface area contributed by atoms with E-state index in [0.29, 0.717) is 24.7 Å². The van der Waals surface area contributed by atoms with Gasteiger partial charge >= 0.3 is 5.69 Å². The standard InChI is InChI=1S/C18H27N5O3/c1-5-16-15(12(2)26-20-16)11-23(14-6-7-19-8-14)10-13-9-21(3)18(25)22(4)17(13)24/h9,14,19H,5-8,10-11H2,1-4H3. The lowest BCUT2D eigenvalue weighted by Crippen LogP contribution is -2.42. The summed E-state index contributed by atoms with van der Waals surface area (Å²) in [5.41, 5.74) is 2.14. The normalized spacial score (nSPS) is 17.3. The number of nitrogens with one attached hydrogen (secondary N) is 1. The van der Waals surface area contributed by atoms with Crippen molar-refractivity contribution in [1.29, 1.82) is 0 Å². The SMILES string of the molecule is CCc1noc(C)c1CN(Cc1cn(C)c(=O)n(C)c1=O)C1CCNC1. The van der Waals surface area contributed by atoms with Crippen molar-refractivity contribution in [3.05, 3.63) is 49.6 Å². The molecule has 0 bridgehead atoms. The highest BCUT2D eigenvalue weighted by Crippen LogP contribution is 2.21. The minimum Gasteiger partial charge on any atom is -0.361 e. The van der Waals surface area contributed by atoms with Crippen molar-refractivity contribution in [3.63, 3.8) is 0 Å². The lowest BCUT2D eigenvalue weighted by atomic mass is 10.1. The van der Waals surface area contributed by atoms with Crippen molar-refractivity contribution in [2.75, 3.05) is 13.1 Å². The van der Waals surface area contributed by atoms with Crippen LogP contribution in [0.3, 0.4) is 0 Å². The molecule has 3 rings (SSSR count). The number of aryl methyl sites for hydroxylation is 3. The molecule has 26 heavy (non-hydrogen) atoms. The number of rotatable bonds is 6. The largest absolute Gasteiger partial charge is 0.361 e. The maximum atomic E-state index is 12.6. The highest BCUT2D eigenvalue weighted by molar-refractivity contribution is 5.22. The van der Waals surface area contributed by atoms with Gasteiger partial charge in [-0.2, -0.15) is 0 Å². The molecule has 3 heterocycles. The summed E-state index contributed by atoms with van der Waals surface area (Å²) in [5.74, 6) is 0.825. The van der Waals surface area contributed by atoms with Gasteiger partial charge in [-0.05, 0) is 26.3 Å². The van der Waals surface area contributed by atoms with Crippen molar-refractivity contribution < 1.29 is 4.52 Å². The number of hydrogen-bond acceptors (Lipinski definition) is 6. The summed E-state index contributed by atoms with van der Waals surface area (Å²) in [7, 11) is 3.20. The highest BCUT2D eigenvalue weighted by Gasteiger charge is 2.26. The molecule has 1 aliphatic heterocycles. The third kappa shape index (κ3) is 3.52. The van der Waals surface area contributed by atoms with Crippen LogP contribution >= 0.6 is 0 Å². The number of aromatic nitrogens is 3. The Bertz CT molecular complexity index is 889. The molecule has 0 saturated carbocycles. The van der Waals surface area contributed by atoms with E-state index in [2.05, 4.69) is 22.3 Å². The molecule has 1 unspecified atom stereocenters. The second-order valence-corrected chi connectivity index (χ2v) is 6.98. The Kier molecular flexibility index (Phi) is 5.43. The second kappa shape index (κ2) is 7.59. The van der Waals surface area contributed by atoms with Crippen LogP contribution in [0, 0.1) is 6.92 Å². The summed E-state index contributed by atoms with van der Waals surface area (Å²) in [6, 6.07) is 0.330. The Morgan fingerprint density at radius 2 is 2.12 bits per heavy atom. The van der Waals surface area contributed by atoms with Crippen LogP contribution < -0.4 is 16.6 Å². The minimum atomic E-state index is -0.309. The average Bonchev–Trinajstić information content (AvgIpc) is 3.27. The van der Waals surface area contributed by atoms with E-state index in [-0.39, 0.29) is 11.2 Å². The van der Waals surface area contributed by atoms with Gasteiger partial charge in [0.1, 0.15) is 5.76 Å². The summed E-state index contributed by atoms with van der Waals surface area (Å²) in [5, 5.41) is 7.54. The fourth-order valence-corrected chi connectivity index (χ4v) is 3.60. The van der Waals surface area contributed by atoms with Gasteiger partial charge in [0, 0.05) is 57.1 Å². The van der Waals surface area contributed by atoms with E-state index in [1.54, 1.807) is 13.2 Å². The van der Waals surface area contributed by atoms with E-state index in [9.17, 15) is 9.59 Å². The summed E-state index contributed by atoms with van der Waals surface area (Å²) >= 11 is 0. The molecule has 1 N–H and O–H groups in total. The molecule has 0 spiro atoms. The minimum absolute atomic E-state index is 0.234. The van der Waals surface area contributed by atoms with Crippen molar-refractivity contribution in [2.45, 2.75) is 45.8 Å². The van der Waals surface area contributed by atoms with E-state index in [4.69, 9.17) is 4.52 Å². The third-order valence-corrected chi connectivity index (χ3v) is 5.20. The van der Waals surface area contributed by atoms with Crippen molar-refractivity contribution >= 4 is 0 Å². The first kappa shape index (κ1) is 18.6. The third-order valence-electron chi connectivity index (χ3n) is 5.20. The molecule has 8 heteroatoms. The molecule has 142 valence electrons. The van der Waals surface area contributed by atoms with Gasteiger partial charge in [0.05, 0.1) is 5.69 Å². The quantitative estimate of drug-likeness (QED) is 0.797. The van der Waals surface area contributed by atoms with E-state index in [1.165, 1.54) is 16.2 Å². The summed E-state index contributed by atoms with van der Waals surface area (Å²) in [6.45, 7) is 7.01. The average molecular weight is 361 g/mol. The zero-order chi connectivity index (χ0) is 18.8. The van der Waals surface area contributed by atoms with Crippen LogP contribution in [0.1, 0.15) is 35.9 Å². The van der Waals surface area contributed by atoms with Gasteiger partial charge in [-0.3, -0.25) is 14.3 Å². The van der Waals surface area contributed by atoms with Crippen LogP contribution in [-0.2, 0) is 33.6 Å². The van der Waals surface area contributed by atoms with Crippen LogP contribution in [0.4, 0.5) is 0 Å². The molecule has 1 saturated heterocycles. The summed E-state index contributed by atoms with van der Waals surface area (Å²) in [6.07, 6.45) is 3.49. The molecule has 0 aromatic carbocycles. The highest BCUT2D eigenvalue weighted by atomic mass is 16.5. The van der Waals surface area contributed by atoms with Gasteiger partial charge in [-0.15, -0.1) is 0 Å². The zero-order valence-corrected chi connectivity index (χ0v) is 15.9. The summed E-state index contributed by atoms with van der Waals surface area (Å²) < 4.78 is 8.01. The van der Waals surface area contributed by atoms with E-state index < -0.39 is 0 Å². The maximum Gasteiger partial charge on any atom is 0.330 e. The van der Waals surface area contributed by atoms with Gasteiger partial charge in [0.15, 0.2) is 0 Å². The molecule has 0 amide bonds. The van der Waals surface area contributed by atoms with Crippen LogP contribution in [0.15, 0.2) is 20.3 Å². The molecule has 0 radical (unpaired) electrons. The molecule has 1 fully saturated rings. The van der Waals surface area contributed by atoms with Gasteiger partial charge < -0.3 is 14.4 Å². The van der Waals surface area contributed by atoms with Gasteiger partial charge in [-0.25, -0.2) is 4.79 Å². The molecule has 2 aromatic rings. The first-order chi connectivity index (χ1) is 12.4. The van der Waals surface area contributed by atoms with E-state index >= 15 is 0 Å². The van der Waals surface area contributed by atoms with Crippen molar-refractivity contribution in [2.24, 2.45) is 14.1 Å². The number of nitrogens with zero attached hydrogens (tertiary/aromatic N) is 4. The van der Waals surface area contributed by atoms with Crippen LogP contribution in [0.2, 0.25) is 0 Å². The first-order valence-electron chi connectivity index (χ1n) is 9.06. The smallest absolute Gasteiger partial charge is 0.330 e. The monoisotopic (exact) mass is 361 g/mol. The first-order valence-corrected chi connectivity index (χ1v) is 9.06. The van der Waals surface area contributed by atoms with Gasteiger partial charge in [-0.1, -0.05) is 12.1 Å². The molecule has 2 aromatic heterocycles. The predicted molar refractivity (Wildman–Crippen MR) is 98.1 cm³/mol. The van der Waals surface area contributed by atoms with E-state index in [0.717, 1.165) is 42.9 Å². The Balaban J connectivity index is 1.94. The van der Waals surface area contributed by atoms with Gasteiger partial charge in [0.25, 0.3) is 5.56 Å². The summed E-state index contributed by atoms with van der Waals surface area (Å²) in [4.78, 5) is 26.8. The lowest BCUT2D eigenvalue weighted by molar-refractivity contribution is 0.187. The molecule has 1 aliphatic rings. The fourth-order valence-electron chi connectivity index (χ4n) is 3.60.